The van der Waals surface area contributed by atoms with Crippen molar-refractivity contribution < 1.29 is 13.9 Å². The second-order valence-electron chi connectivity index (χ2n) is 3.03. The smallest absolute Gasteiger partial charge is 0.307 e. The normalized spacial score (nSPS) is 12.3. The van der Waals surface area contributed by atoms with Gasteiger partial charge in [-0.1, -0.05) is 12.1 Å². The van der Waals surface area contributed by atoms with Crippen molar-refractivity contribution in [1.29, 1.82) is 0 Å². The Morgan fingerprint density at radius 2 is 2.33 bits per heavy atom. The first kappa shape index (κ1) is 12.1. The van der Waals surface area contributed by atoms with Gasteiger partial charge in [-0.3, -0.25) is 4.79 Å². The third-order valence-electron chi connectivity index (χ3n) is 2.00. The summed E-state index contributed by atoms with van der Waals surface area (Å²) < 4.78 is 17.9. The molecule has 5 heteroatoms. The molecular formula is C10H11BrFNO2. The van der Waals surface area contributed by atoms with Crippen molar-refractivity contribution in [3.63, 3.8) is 0 Å². The van der Waals surface area contributed by atoms with E-state index in [0.29, 0.717) is 10.0 Å². The van der Waals surface area contributed by atoms with E-state index in [1.165, 1.54) is 13.2 Å². The number of rotatable bonds is 3. The lowest BCUT2D eigenvalue weighted by Crippen LogP contribution is -2.17. The zero-order valence-corrected chi connectivity index (χ0v) is 9.75. The Bertz CT molecular complexity index is 370. The Labute approximate surface area is 95.5 Å². The molecule has 0 radical (unpaired) electrons. The Morgan fingerprint density at radius 1 is 1.67 bits per heavy atom. The summed E-state index contributed by atoms with van der Waals surface area (Å²) in [5.74, 6) is -0.813. The highest BCUT2D eigenvalue weighted by atomic mass is 79.9. The molecule has 1 rings (SSSR count). The third-order valence-corrected chi connectivity index (χ3v) is 2.83. The van der Waals surface area contributed by atoms with Gasteiger partial charge in [0.15, 0.2) is 0 Å². The SMILES string of the molecule is COC(=O)C[C@H](N)c1cccc(F)c1Br. The van der Waals surface area contributed by atoms with Crippen molar-refractivity contribution in [2.45, 2.75) is 12.5 Å². The summed E-state index contributed by atoms with van der Waals surface area (Å²) in [5.41, 5.74) is 6.30. The van der Waals surface area contributed by atoms with E-state index in [4.69, 9.17) is 5.73 Å². The van der Waals surface area contributed by atoms with Crippen LogP contribution in [0.2, 0.25) is 0 Å². The molecule has 0 saturated heterocycles. The fraction of sp³-hybridized carbons (Fsp3) is 0.300. The number of hydrogen-bond acceptors (Lipinski definition) is 3. The molecule has 15 heavy (non-hydrogen) atoms. The third kappa shape index (κ3) is 3.00. The number of methoxy groups -OCH3 is 1. The molecule has 1 atom stereocenters. The van der Waals surface area contributed by atoms with Crippen molar-refractivity contribution in [2.75, 3.05) is 7.11 Å². The van der Waals surface area contributed by atoms with Crippen LogP contribution in [0.15, 0.2) is 22.7 Å². The largest absolute Gasteiger partial charge is 0.469 e. The fourth-order valence-corrected chi connectivity index (χ4v) is 1.74. The minimum atomic E-state index is -0.567. The maximum absolute atomic E-state index is 13.1. The predicted molar refractivity (Wildman–Crippen MR) is 57.7 cm³/mol. The molecule has 82 valence electrons. The number of hydrogen-bond donors (Lipinski definition) is 1. The molecular weight excluding hydrogens is 265 g/mol. The quantitative estimate of drug-likeness (QED) is 0.860. The summed E-state index contributed by atoms with van der Waals surface area (Å²) in [5, 5.41) is 0. The van der Waals surface area contributed by atoms with E-state index in [1.807, 2.05) is 0 Å². The number of nitrogens with two attached hydrogens (primary N) is 1. The Kier molecular flexibility index (Phi) is 4.23. The number of esters is 1. The van der Waals surface area contributed by atoms with Crippen LogP contribution in [-0.4, -0.2) is 13.1 Å². The van der Waals surface area contributed by atoms with Gasteiger partial charge in [-0.05, 0) is 27.6 Å². The Hall–Kier alpha value is -0.940. The summed E-state index contributed by atoms with van der Waals surface area (Å²) in [4.78, 5) is 11.0. The molecule has 0 bridgehead atoms. The highest BCUT2D eigenvalue weighted by Crippen LogP contribution is 2.26. The van der Waals surface area contributed by atoms with Crippen LogP contribution < -0.4 is 5.73 Å². The second kappa shape index (κ2) is 5.23. The molecule has 0 aliphatic rings. The number of carbonyl (C=O) groups excluding carboxylic acids is 1. The second-order valence-corrected chi connectivity index (χ2v) is 3.82. The molecule has 0 aromatic heterocycles. The van der Waals surface area contributed by atoms with Crippen LogP contribution in [0, 0.1) is 5.82 Å². The van der Waals surface area contributed by atoms with Crippen LogP contribution >= 0.6 is 15.9 Å². The van der Waals surface area contributed by atoms with Crippen LogP contribution in [0.4, 0.5) is 4.39 Å². The van der Waals surface area contributed by atoms with Gasteiger partial charge in [-0.25, -0.2) is 4.39 Å². The minimum absolute atomic E-state index is 0.0263. The molecule has 0 aliphatic heterocycles. The summed E-state index contributed by atoms with van der Waals surface area (Å²) >= 11 is 3.09. The van der Waals surface area contributed by atoms with Crippen LogP contribution in [0.25, 0.3) is 0 Å². The van der Waals surface area contributed by atoms with E-state index in [2.05, 4.69) is 20.7 Å². The van der Waals surface area contributed by atoms with Gasteiger partial charge in [0.2, 0.25) is 0 Å². The van der Waals surface area contributed by atoms with Crippen LogP contribution in [0.1, 0.15) is 18.0 Å². The van der Waals surface area contributed by atoms with Gasteiger partial charge in [-0.2, -0.15) is 0 Å². The average Bonchev–Trinajstić information content (AvgIpc) is 2.21. The van der Waals surface area contributed by atoms with Gasteiger partial charge in [0.05, 0.1) is 18.0 Å². The predicted octanol–water partition coefficient (Wildman–Crippen LogP) is 2.15. The topological polar surface area (TPSA) is 52.3 Å². The van der Waals surface area contributed by atoms with E-state index >= 15 is 0 Å². The minimum Gasteiger partial charge on any atom is -0.469 e. The van der Waals surface area contributed by atoms with Crippen LogP contribution in [0.3, 0.4) is 0 Å². The molecule has 1 aromatic rings. The molecule has 0 saturated carbocycles. The lowest BCUT2D eigenvalue weighted by Gasteiger charge is -2.12. The van der Waals surface area contributed by atoms with E-state index < -0.39 is 17.8 Å². The highest BCUT2D eigenvalue weighted by molar-refractivity contribution is 9.10. The first-order valence-corrected chi connectivity index (χ1v) is 5.12. The van der Waals surface area contributed by atoms with Crippen molar-refractivity contribution in [3.05, 3.63) is 34.1 Å². The van der Waals surface area contributed by atoms with E-state index in [-0.39, 0.29) is 6.42 Å². The molecule has 0 aliphatic carbocycles. The highest BCUT2D eigenvalue weighted by Gasteiger charge is 2.16. The van der Waals surface area contributed by atoms with Gasteiger partial charge >= 0.3 is 5.97 Å². The van der Waals surface area contributed by atoms with Crippen LogP contribution in [0.5, 0.6) is 0 Å². The van der Waals surface area contributed by atoms with E-state index in [1.54, 1.807) is 12.1 Å². The number of carbonyl (C=O) groups is 1. The maximum Gasteiger partial charge on any atom is 0.307 e. The van der Waals surface area contributed by atoms with E-state index in [0.717, 1.165) is 0 Å². The van der Waals surface area contributed by atoms with Gasteiger partial charge in [-0.15, -0.1) is 0 Å². The number of halogens is 2. The molecule has 0 unspecified atom stereocenters. The monoisotopic (exact) mass is 275 g/mol. The zero-order chi connectivity index (χ0) is 11.4. The first-order chi connectivity index (χ1) is 7.06. The van der Waals surface area contributed by atoms with Gasteiger partial charge in [0.1, 0.15) is 5.82 Å². The molecule has 0 fully saturated rings. The van der Waals surface area contributed by atoms with E-state index in [9.17, 15) is 9.18 Å². The Balaban J connectivity index is 2.86. The van der Waals surface area contributed by atoms with Crippen LogP contribution in [-0.2, 0) is 9.53 Å². The zero-order valence-electron chi connectivity index (χ0n) is 8.17. The molecule has 0 spiro atoms. The number of ether oxygens (including phenoxy) is 1. The molecule has 2 N–H and O–H groups in total. The summed E-state index contributed by atoms with van der Waals surface area (Å²) in [6.45, 7) is 0. The van der Waals surface area contributed by atoms with Gasteiger partial charge < -0.3 is 10.5 Å². The first-order valence-electron chi connectivity index (χ1n) is 4.32. The molecule has 3 nitrogen and oxygen atoms in total. The lowest BCUT2D eigenvalue weighted by molar-refractivity contribution is -0.141. The van der Waals surface area contributed by atoms with Crippen molar-refractivity contribution in [3.8, 4) is 0 Å². The average molecular weight is 276 g/mol. The molecule has 0 heterocycles. The van der Waals surface area contributed by atoms with Gasteiger partial charge in [0.25, 0.3) is 0 Å². The maximum atomic E-state index is 13.1. The van der Waals surface area contributed by atoms with Crippen molar-refractivity contribution in [2.24, 2.45) is 5.73 Å². The summed E-state index contributed by atoms with van der Waals surface area (Å²) in [6, 6.07) is 3.97. The molecule has 1 aromatic carbocycles. The summed E-state index contributed by atoms with van der Waals surface area (Å²) in [6.07, 6.45) is 0.0263. The van der Waals surface area contributed by atoms with Crippen molar-refractivity contribution >= 4 is 21.9 Å². The fourth-order valence-electron chi connectivity index (χ4n) is 1.18. The standard InChI is InChI=1S/C10H11BrFNO2/c1-15-9(14)5-8(13)6-3-2-4-7(12)10(6)11/h2-4,8H,5,13H2,1H3/t8-/m0/s1. The Morgan fingerprint density at radius 3 is 2.93 bits per heavy atom. The van der Waals surface area contributed by atoms with Gasteiger partial charge in [0, 0.05) is 6.04 Å². The molecule has 0 amide bonds. The lowest BCUT2D eigenvalue weighted by atomic mass is 10.0. The van der Waals surface area contributed by atoms with Crippen molar-refractivity contribution in [1.82, 2.24) is 0 Å². The number of benzene rings is 1. The summed E-state index contributed by atoms with van der Waals surface area (Å²) in [7, 11) is 1.29.